The first-order chi connectivity index (χ1) is 8.38. The van der Waals surface area contributed by atoms with Crippen LogP contribution in [0.2, 0.25) is 0 Å². The van der Waals surface area contributed by atoms with Gasteiger partial charge in [-0.15, -0.1) is 5.10 Å². The molecule has 1 aromatic heterocycles. The minimum atomic E-state index is -3.93. The molecule has 1 aromatic carbocycles. The number of halogens is 2. The zero-order chi connectivity index (χ0) is 13.3. The van der Waals surface area contributed by atoms with E-state index in [-0.39, 0.29) is 15.3 Å². The van der Waals surface area contributed by atoms with E-state index in [0.717, 1.165) is 10.9 Å². The monoisotopic (exact) mass is 335 g/mol. The number of rotatable bonds is 3. The van der Waals surface area contributed by atoms with Gasteiger partial charge in [0.25, 0.3) is 16.0 Å². The zero-order valence-electron chi connectivity index (χ0n) is 9.00. The first-order valence-corrected chi connectivity index (χ1v) is 6.88. The summed E-state index contributed by atoms with van der Waals surface area (Å²) < 4.78 is 39.3. The molecule has 18 heavy (non-hydrogen) atoms. The Morgan fingerprint density at radius 3 is 2.72 bits per heavy atom. The number of nitrogens with one attached hydrogen (secondary N) is 1. The molecular weight excluding hydrogens is 329 g/mol. The molecule has 0 atom stereocenters. The Bertz CT molecular complexity index is 687. The molecule has 0 radical (unpaired) electrons. The van der Waals surface area contributed by atoms with Crippen LogP contribution < -0.4 is 4.72 Å². The summed E-state index contributed by atoms with van der Waals surface area (Å²) in [6.45, 7) is 0. The minimum absolute atomic E-state index is 0.180. The van der Waals surface area contributed by atoms with Crippen LogP contribution in [0, 0.1) is 5.82 Å². The van der Waals surface area contributed by atoms with Gasteiger partial charge in [0.2, 0.25) is 0 Å². The molecule has 0 aliphatic heterocycles. The molecular formula is C8H7BrFN5O2S. The van der Waals surface area contributed by atoms with Gasteiger partial charge in [-0.05, 0) is 39.3 Å². The number of anilines is 1. The van der Waals surface area contributed by atoms with Crippen molar-refractivity contribution < 1.29 is 12.8 Å². The Morgan fingerprint density at radius 1 is 1.44 bits per heavy atom. The number of aryl methyl sites for hydroxylation is 1. The number of sulfonamides is 1. The first-order valence-electron chi connectivity index (χ1n) is 4.60. The van der Waals surface area contributed by atoms with Gasteiger partial charge in [-0.25, -0.2) is 17.5 Å². The minimum Gasteiger partial charge on any atom is -0.245 e. The van der Waals surface area contributed by atoms with Crippen LogP contribution in [-0.2, 0) is 17.1 Å². The lowest BCUT2D eigenvalue weighted by Crippen LogP contribution is -2.14. The molecule has 0 saturated heterocycles. The number of nitrogens with zero attached hydrogens (tertiary/aromatic N) is 4. The number of aromatic nitrogens is 4. The topological polar surface area (TPSA) is 89.8 Å². The van der Waals surface area contributed by atoms with Crippen molar-refractivity contribution >= 4 is 31.9 Å². The van der Waals surface area contributed by atoms with Gasteiger partial charge in [-0.1, -0.05) is 5.10 Å². The summed E-state index contributed by atoms with van der Waals surface area (Å²) in [6, 6.07) is 3.45. The maximum atomic E-state index is 13.3. The van der Waals surface area contributed by atoms with Crippen molar-refractivity contribution in [3.63, 3.8) is 0 Å². The molecule has 0 aliphatic carbocycles. The molecule has 0 spiro atoms. The van der Waals surface area contributed by atoms with Crippen LogP contribution >= 0.6 is 15.9 Å². The quantitative estimate of drug-likeness (QED) is 0.900. The smallest absolute Gasteiger partial charge is 0.245 e. The number of benzene rings is 1. The molecule has 1 N–H and O–H groups in total. The molecule has 2 aromatic rings. The average molecular weight is 336 g/mol. The summed E-state index contributed by atoms with van der Waals surface area (Å²) in [5, 5.41) is 10.6. The maximum Gasteiger partial charge on any atom is 0.277 e. The second kappa shape index (κ2) is 4.61. The van der Waals surface area contributed by atoms with E-state index < -0.39 is 15.8 Å². The molecule has 0 amide bonds. The largest absolute Gasteiger partial charge is 0.277 e. The second-order valence-electron chi connectivity index (χ2n) is 3.28. The number of hydrogen-bond acceptors (Lipinski definition) is 5. The van der Waals surface area contributed by atoms with Crippen LogP contribution in [0.1, 0.15) is 0 Å². The summed E-state index contributed by atoms with van der Waals surface area (Å²) in [5.74, 6) is -0.856. The Hall–Kier alpha value is -1.55. The highest BCUT2D eigenvalue weighted by Gasteiger charge is 2.18. The van der Waals surface area contributed by atoms with E-state index in [0.29, 0.717) is 0 Å². The highest BCUT2D eigenvalue weighted by molar-refractivity contribution is 9.10. The van der Waals surface area contributed by atoms with E-state index in [4.69, 9.17) is 0 Å². The predicted octanol–water partition coefficient (Wildman–Crippen LogP) is 0.912. The van der Waals surface area contributed by atoms with Crippen molar-refractivity contribution in [2.45, 2.75) is 4.90 Å². The first kappa shape index (κ1) is 12.9. The van der Waals surface area contributed by atoms with Crippen molar-refractivity contribution in [2.24, 2.45) is 7.05 Å². The second-order valence-corrected chi connectivity index (χ2v) is 5.82. The summed E-state index contributed by atoms with van der Waals surface area (Å²) in [7, 11) is -2.44. The predicted molar refractivity (Wildman–Crippen MR) is 63.7 cm³/mol. The van der Waals surface area contributed by atoms with Crippen molar-refractivity contribution in [3.8, 4) is 0 Å². The third-order valence-corrected chi connectivity index (χ3v) is 3.90. The normalized spacial score (nSPS) is 11.5. The average Bonchev–Trinajstić information content (AvgIpc) is 2.67. The molecule has 0 aliphatic rings. The van der Waals surface area contributed by atoms with Crippen molar-refractivity contribution in [3.05, 3.63) is 28.5 Å². The Morgan fingerprint density at radius 2 is 2.17 bits per heavy atom. The van der Waals surface area contributed by atoms with E-state index in [1.54, 1.807) is 0 Å². The Kier molecular flexibility index (Phi) is 3.30. The summed E-state index contributed by atoms with van der Waals surface area (Å²) in [6.07, 6.45) is 0. The van der Waals surface area contributed by atoms with Crippen LogP contribution in [0.5, 0.6) is 0 Å². The SMILES string of the molecule is Cn1nnc(NS(=O)(=O)c2ccc(Br)c(F)c2)n1. The van der Waals surface area contributed by atoms with Gasteiger partial charge in [-0.3, -0.25) is 0 Å². The van der Waals surface area contributed by atoms with Gasteiger partial charge in [0.1, 0.15) is 5.82 Å². The lowest BCUT2D eigenvalue weighted by Gasteiger charge is -2.04. The molecule has 96 valence electrons. The van der Waals surface area contributed by atoms with Crippen LogP contribution in [0.15, 0.2) is 27.6 Å². The van der Waals surface area contributed by atoms with Gasteiger partial charge in [0, 0.05) is 0 Å². The third-order valence-electron chi connectivity index (χ3n) is 1.94. The lowest BCUT2D eigenvalue weighted by atomic mass is 10.3. The highest BCUT2D eigenvalue weighted by Crippen LogP contribution is 2.20. The highest BCUT2D eigenvalue weighted by atomic mass is 79.9. The molecule has 10 heteroatoms. The number of hydrogen-bond donors (Lipinski definition) is 1. The van der Waals surface area contributed by atoms with Crippen molar-refractivity contribution in [1.29, 1.82) is 0 Å². The van der Waals surface area contributed by atoms with Crippen LogP contribution in [0.25, 0.3) is 0 Å². The van der Waals surface area contributed by atoms with Crippen LogP contribution in [0.4, 0.5) is 10.3 Å². The molecule has 1 heterocycles. The van der Waals surface area contributed by atoms with E-state index in [9.17, 15) is 12.8 Å². The zero-order valence-corrected chi connectivity index (χ0v) is 11.4. The molecule has 7 nitrogen and oxygen atoms in total. The fraction of sp³-hybridized carbons (Fsp3) is 0.125. The standard InChI is InChI=1S/C8H7BrFN5O2S/c1-15-12-8(11-14-15)13-18(16,17)5-2-3-6(9)7(10)4-5/h2-4H,1H3,(H,12,13). The number of tetrazole rings is 1. The molecule has 0 unspecified atom stereocenters. The van der Waals surface area contributed by atoms with Gasteiger partial charge in [0.15, 0.2) is 0 Å². The lowest BCUT2D eigenvalue weighted by molar-refractivity contribution is 0.593. The van der Waals surface area contributed by atoms with E-state index in [1.807, 2.05) is 0 Å². The third kappa shape index (κ3) is 2.64. The summed E-state index contributed by atoms with van der Waals surface area (Å²) in [5.41, 5.74) is 0. The van der Waals surface area contributed by atoms with E-state index >= 15 is 0 Å². The fourth-order valence-corrected chi connectivity index (χ4v) is 2.34. The van der Waals surface area contributed by atoms with Crippen LogP contribution in [-0.4, -0.2) is 28.6 Å². The fourth-order valence-electron chi connectivity index (χ4n) is 1.15. The van der Waals surface area contributed by atoms with Gasteiger partial charge >= 0.3 is 0 Å². The van der Waals surface area contributed by atoms with Gasteiger partial charge < -0.3 is 0 Å². The van der Waals surface area contributed by atoms with E-state index in [1.165, 1.54) is 19.2 Å². The molecule has 0 fully saturated rings. The van der Waals surface area contributed by atoms with Crippen molar-refractivity contribution in [2.75, 3.05) is 4.72 Å². The van der Waals surface area contributed by atoms with Crippen molar-refractivity contribution in [1.82, 2.24) is 20.2 Å². The molecule has 0 saturated carbocycles. The molecule has 0 bridgehead atoms. The summed E-state index contributed by atoms with van der Waals surface area (Å²) >= 11 is 2.94. The Labute approximate surface area is 110 Å². The summed E-state index contributed by atoms with van der Waals surface area (Å²) in [4.78, 5) is 0.871. The maximum absolute atomic E-state index is 13.3. The van der Waals surface area contributed by atoms with Gasteiger partial charge in [-0.2, -0.15) is 4.80 Å². The molecule has 2 rings (SSSR count). The van der Waals surface area contributed by atoms with Gasteiger partial charge in [0.05, 0.1) is 16.4 Å². The van der Waals surface area contributed by atoms with Crippen LogP contribution in [0.3, 0.4) is 0 Å². The Balaban J connectivity index is 2.33. The van der Waals surface area contributed by atoms with E-state index in [2.05, 4.69) is 36.1 Å².